The van der Waals surface area contributed by atoms with Gasteiger partial charge in [0.15, 0.2) is 0 Å². The molecule has 0 aliphatic rings. The maximum absolute atomic E-state index is 8.19. The normalized spacial score (nSPS) is 13.6. The molecule has 0 aliphatic heterocycles. The second-order valence-electron chi connectivity index (χ2n) is 14.6. The molecule has 4 nitrogen and oxygen atoms in total. The third-order valence-electron chi connectivity index (χ3n) is 9.83. The van der Waals surface area contributed by atoms with Crippen LogP contribution in [-0.2, 0) is 30.2 Å². The summed E-state index contributed by atoms with van der Waals surface area (Å²) in [7, 11) is -8.65. The van der Waals surface area contributed by atoms with Gasteiger partial charge in [-0.15, -0.1) is 0 Å². The summed E-state index contributed by atoms with van der Waals surface area (Å²) < 4.78 is 32.8. The van der Waals surface area contributed by atoms with Gasteiger partial charge in [-0.1, -0.05) is 0 Å². The van der Waals surface area contributed by atoms with Crippen LogP contribution in [0.1, 0.15) is 160 Å². The molecule has 272 valence electrons. The zero-order chi connectivity index (χ0) is 34.3. The molecule has 0 aliphatic carbocycles. The quantitative estimate of drug-likeness (QED) is 0.0644. The first-order chi connectivity index (χ1) is 21.6. The molecule has 0 amide bonds. The first-order valence-electron chi connectivity index (χ1n) is 20.4. The molecule has 9 heteroatoms. The van der Waals surface area contributed by atoms with E-state index in [2.05, 4.69) is 83.1 Å². The van der Waals surface area contributed by atoms with Gasteiger partial charge >= 0.3 is 296 Å². The fourth-order valence-corrected chi connectivity index (χ4v) is 46.2. The Morgan fingerprint density at radius 2 is 0.356 bits per heavy atom. The molecule has 0 aromatic heterocycles. The van der Waals surface area contributed by atoms with Crippen molar-refractivity contribution in [3.63, 3.8) is 0 Å². The minimum atomic E-state index is -4.32. The topological polar surface area (TPSA) is 36.9 Å². The molecule has 0 atom stereocenters. The predicted molar refractivity (Wildman–Crippen MR) is 209 cm³/mol. The average Bonchev–Trinajstić information content (AvgIpc) is 2.94. The van der Waals surface area contributed by atoms with Gasteiger partial charge in [0.05, 0.1) is 0 Å². The van der Waals surface area contributed by atoms with Gasteiger partial charge < -0.3 is 0 Å². The standard InChI is InChI=1S/4C9H21OSi.Ti/c4*1-4-7-11(10,8-5-2)9-6-3;/h4*4-9H2,1-3H3;/q4*-1;+4. The van der Waals surface area contributed by atoms with Gasteiger partial charge in [-0.3, -0.25) is 0 Å². The summed E-state index contributed by atoms with van der Waals surface area (Å²) in [6, 6.07) is 14.6. The van der Waals surface area contributed by atoms with Crippen molar-refractivity contribution in [2.45, 2.75) is 233 Å². The van der Waals surface area contributed by atoms with E-state index in [9.17, 15) is 0 Å². The van der Waals surface area contributed by atoms with Crippen LogP contribution in [0, 0.1) is 0 Å². The second-order valence-corrected chi connectivity index (χ2v) is 36.3. The molecule has 0 aromatic carbocycles. The second kappa shape index (κ2) is 25.4. The van der Waals surface area contributed by atoms with Gasteiger partial charge in [0.1, 0.15) is 0 Å². The molecule has 0 saturated heterocycles. The zero-order valence-corrected chi connectivity index (χ0v) is 38.7. The van der Waals surface area contributed by atoms with Crippen molar-refractivity contribution in [1.82, 2.24) is 0 Å². The molecule has 0 rings (SSSR count). The van der Waals surface area contributed by atoms with Crippen LogP contribution in [-0.4, -0.2) is 33.3 Å². The van der Waals surface area contributed by atoms with Crippen molar-refractivity contribution in [3.05, 3.63) is 0 Å². The molecular weight excluding hydrogens is 657 g/mol. The summed E-state index contributed by atoms with van der Waals surface area (Å²) in [6.45, 7) is 28.6. The predicted octanol–water partition coefficient (Wildman–Crippen LogP) is 14.6. The van der Waals surface area contributed by atoms with E-state index in [0.717, 1.165) is 0 Å². The van der Waals surface area contributed by atoms with Gasteiger partial charge in [-0.05, 0) is 0 Å². The van der Waals surface area contributed by atoms with E-state index < -0.39 is 51.4 Å². The molecule has 0 unspecified atom stereocenters. The molecule has 0 N–H and O–H groups in total. The minimum absolute atomic E-state index is 1.19. The Kier molecular flexibility index (Phi) is 26.2. The van der Waals surface area contributed by atoms with Crippen LogP contribution in [0.2, 0.25) is 72.5 Å². The summed E-state index contributed by atoms with van der Waals surface area (Å²) in [4.78, 5) is 0. The third-order valence-corrected chi connectivity index (χ3v) is 42.3. The van der Waals surface area contributed by atoms with Crippen molar-refractivity contribution < 1.29 is 30.2 Å². The van der Waals surface area contributed by atoms with Crippen molar-refractivity contribution in [2.75, 3.05) is 0 Å². The summed E-state index contributed by atoms with van der Waals surface area (Å²) in [5, 5.41) is 0. The van der Waals surface area contributed by atoms with Crippen LogP contribution in [0.5, 0.6) is 0 Å². The van der Waals surface area contributed by atoms with Crippen LogP contribution in [0.25, 0.3) is 0 Å². The Morgan fingerprint density at radius 1 is 0.244 bits per heavy atom. The molecule has 0 bridgehead atoms. The van der Waals surface area contributed by atoms with Gasteiger partial charge in [-0.2, -0.15) is 0 Å². The molecule has 0 saturated carbocycles. The Bertz CT molecular complexity index is 529. The Balaban J connectivity index is 8.09. The van der Waals surface area contributed by atoms with Crippen LogP contribution < -0.4 is 0 Å². The van der Waals surface area contributed by atoms with Gasteiger partial charge in [0.2, 0.25) is 0 Å². The van der Waals surface area contributed by atoms with E-state index in [-0.39, 0.29) is 0 Å². The van der Waals surface area contributed by atoms with E-state index >= 15 is 0 Å². The van der Waals surface area contributed by atoms with Crippen molar-refractivity contribution in [3.8, 4) is 0 Å². The van der Waals surface area contributed by atoms with Gasteiger partial charge in [-0.25, -0.2) is 0 Å². The van der Waals surface area contributed by atoms with Crippen LogP contribution in [0.3, 0.4) is 0 Å². The zero-order valence-electron chi connectivity index (χ0n) is 33.1. The Morgan fingerprint density at radius 3 is 0.444 bits per heavy atom. The monoisotopic (exact) mass is 740 g/mol. The molecule has 0 aromatic rings. The van der Waals surface area contributed by atoms with Crippen LogP contribution in [0.15, 0.2) is 0 Å². The van der Waals surface area contributed by atoms with Gasteiger partial charge in [0, 0.05) is 0 Å². The Labute approximate surface area is 294 Å². The first-order valence-corrected chi connectivity index (χ1v) is 33.0. The SMILES string of the molecule is CCC[Si](CCC)(CCC)[O][Ti]([O][Si](CCC)(CCC)CCC)([O][Si](CCC)(CCC)CCC)[O][Si](CCC)(CCC)CCC. The van der Waals surface area contributed by atoms with Crippen molar-refractivity contribution in [1.29, 1.82) is 0 Å². The van der Waals surface area contributed by atoms with Crippen LogP contribution >= 0.6 is 0 Å². The number of hydrogen-bond acceptors (Lipinski definition) is 4. The fraction of sp³-hybridized carbons (Fsp3) is 1.00. The van der Waals surface area contributed by atoms with E-state index in [4.69, 9.17) is 12.0 Å². The average molecular weight is 741 g/mol. The molecule has 0 spiro atoms. The van der Waals surface area contributed by atoms with Crippen molar-refractivity contribution in [2.24, 2.45) is 0 Å². The van der Waals surface area contributed by atoms with E-state index in [1.807, 2.05) is 0 Å². The summed E-state index contributed by atoms with van der Waals surface area (Å²) in [5.41, 5.74) is 0. The maximum atomic E-state index is 8.19. The molecular formula is C36H84O4Si4Ti. The molecule has 0 heterocycles. The van der Waals surface area contributed by atoms with E-state index in [0.29, 0.717) is 0 Å². The fourth-order valence-electron chi connectivity index (χ4n) is 8.77. The number of rotatable bonds is 32. The summed E-state index contributed by atoms with van der Waals surface area (Å²) in [5.74, 6) is 0. The van der Waals surface area contributed by atoms with Gasteiger partial charge in [0.25, 0.3) is 0 Å². The molecule has 45 heavy (non-hydrogen) atoms. The van der Waals surface area contributed by atoms with E-state index in [1.165, 1.54) is 150 Å². The molecule has 0 fully saturated rings. The number of hydrogen-bond donors (Lipinski definition) is 0. The van der Waals surface area contributed by atoms with Crippen molar-refractivity contribution >= 4 is 33.3 Å². The first kappa shape index (κ1) is 46.4. The third kappa shape index (κ3) is 15.9. The summed E-state index contributed by atoms with van der Waals surface area (Å²) >= 11 is -4.32. The summed E-state index contributed by atoms with van der Waals surface area (Å²) in [6.07, 6.45) is 14.3. The van der Waals surface area contributed by atoms with Crippen LogP contribution in [0.4, 0.5) is 0 Å². The Hall–Kier alpha value is 1.42. The van der Waals surface area contributed by atoms with E-state index in [1.54, 1.807) is 0 Å². The molecule has 0 radical (unpaired) electrons.